The Hall–Kier alpha value is -4.96. The van der Waals surface area contributed by atoms with E-state index in [4.69, 9.17) is 9.47 Å². The van der Waals surface area contributed by atoms with Crippen LogP contribution in [-0.2, 0) is 44.7 Å². The molecule has 0 spiro atoms. The van der Waals surface area contributed by atoms with Gasteiger partial charge < -0.3 is 40.0 Å². The highest BCUT2D eigenvalue weighted by atomic mass is 16.5. The number of benzene rings is 1. The minimum Gasteiger partial charge on any atom is -0.456 e. The smallest absolute Gasteiger partial charge is 0.325 e. The van der Waals surface area contributed by atoms with E-state index in [-0.39, 0.29) is 43.9 Å². The summed E-state index contributed by atoms with van der Waals surface area (Å²) in [4.78, 5) is 82.6. The van der Waals surface area contributed by atoms with Crippen LogP contribution in [0.15, 0.2) is 78.4 Å². The van der Waals surface area contributed by atoms with E-state index in [0.717, 1.165) is 5.56 Å². The van der Waals surface area contributed by atoms with Gasteiger partial charge in [-0.15, -0.1) is 0 Å². The molecule has 1 aromatic carbocycles. The molecule has 0 aromatic heterocycles. The third kappa shape index (κ3) is 14.4. The lowest BCUT2D eigenvalue weighted by atomic mass is 9.84. The molecule has 4 amide bonds. The molecule has 4 rings (SSSR count). The average Bonchev–Trinajstić information content (AvgIpc) is 3.24. The van der Waals surface area contributed by atoms with E-state index in [9.17, 15) is 39.0 Å². The van der Waals surface area contributed by atoms with Crippen molar-refractivity contribution < 1.29 is 48.5 Å². The number of hydrogen-bond acceptors (Lipinski definition) is 11. The van der Waals surface area contributed by atoms with Gasteiger partial charge in [0.2, 0.25) is 17.7 Å². The van der Waals surface area contributed by atoms with E-state index < -0.39 is 77.9 Å². The van der Waals surface area contributed by atoms with Gasteiger partial charge in [-0.3, -0.25) is 29.0 Å². The highest BCUT2D eigenvalue weighted by Crippen LogP contribution is 2.24. The summed E-state index contributed by atoms with van der Waals surface area (Å²) in [7, 11) is 0. The number of carbonyl (C=O) groups is 6. The molecule has 3 aliphatic heterocycles. The minimum atomic E-state index is -1.40. The molecule has 0 radical (unpaired) electrons. The second-order valence-corrected chi connectivity index (χ2v) is 16.2. The Bertz CT molecular complexity index is 1750. The number of allylic oxidation sites excluding steroid dienone is 4. The number of fused-ring (bicyclic) bond motifs is 2. The average molecular weight is 834 g/mol. The molecule has 5 N–H and O–H groups in total. The zero-order valence-corrected chi connectivity index (χ0v) is 35.5. The number of morpholine rings is 1. The van der Waals surface area contributed by atoms with E-state index in [1.807, 2.05) is 30.3 Å². The third-order valence-corrected chi connectivity index (χ3v) is 11.1. The van der Waals surface area contributed by atoms with Crippen LogP contribution in [0.5, 0.6) is 0 Å². The number of hydrogen-bond donors (Lipinski definition) is 5. The molecule has 2 bridgehead atoms. The Morgan fingerprint density at radius 1 is 0.967 bits per heavy atom. The van der Waals surface area contributed by atoms with E-state index in [1.165, 1.54) is 24.1 Å². The standard InChI is InChI=1S/C45H63N5O10/c1-29(2)40-43(56)46-36(28-33-15-8-6-9-16-33)44(57)50-23-13-17-35(48-50)45(58)60-38(30(3)14-12-20-39(53)49-24-26-59-27-25-49)19-11-7-10-18-37(52)32(5)41(54)34(42(55)47-40)22-21-31(4)51/h6-12,14-16,18,20,29,32,34-38,40-41,48,52,54H,13,17,19,21-28H2,1-5H3,(H,46,56)(H,47,55)/b11-7+,18-10+,20-12+,30-14+/t32?,34?,35?,36?,37-,38-,40?,41?/m0/s1. The zero-order chi connectivity index (χ0) is 43.8. The number of esters is 1. The normalized spacial score (nSPS) is 29.5. The number of ketones is 1. The van der Waals surface area contributed by atoms with Crippen molar-refractivity contribution in [1.29, 1.82) is 0 Å². The summed E-state index contributed by atoms with van der Waals surface area (Å²) in [5.74, 6) is -5.17. The van der Waals surface area contributed by atoms with Crippen molar-refractivity contribution in [2.75, 3.05) is 32.8 Å². The Morgan fingerprint density at radius 3 is 2.37 bits per heavy atom. The zero-order valence-electron chi connectivity index (χ0n) is 35.5. The molecule has 0 saturated carbocycles. The van der Waals surface area contributed by atoms with Gasteiger partial charge in [0.25, 0.3) is 5.91 Å². The monoisotopic (exact) mass is 833 g/mol. The molecular formula is C45H63N5O10. The molecule has 15 nitrogen and oxygen atoms in total. The molecule has 6 unspecified atom stereocenters. The van der Waals surface area contributed by atoms with Crippen LogP contribution in [0.2, 0.25) is 0 Å². The molecule has 8 atom stereocenters. The Balaban J connectivity index is 1.69. The number of carbonyl (C=O) groups excluding carboxylic acids is 6. The first-order valence-electron chi connectivity index (χ1n) is 21.0. The van der Waals surface area contributed by atoms with Crippen molar-refractivity contribution in [1.82, 2.24) is 26.0 Å². The molecular weight excluding hydrogens is 771 g/mol. The first-order valence-corrected chi connectivity index (χ1v) is 21.0. The van der Waals surface area contributed by atoms with Crippen LogP contribution in [0.4, 0.5) is 0 Å². The number of rotatable bonds is 9. The highest BCUT2D eigenvalue weighted by Gasteiger charge is 2.38. The van der Waals surface area contributed by atoms with Gasteiger partial charge in [-0.2, -0.15) is 0 Å². The minimum absolute atomic E-state index is 0.00780. The van der Waals surface area contributed by atoms with Crippen molar-refractivity contribution in [3.63, 3.8) is 0 Å². The van der Waals surface area contributed by atoms with Crippen LogP contribution in [-0.4, -0.2) is 125 Å². The number of aliphatic hydroxyl groups is 2. The SMILES string of the molecule is CC(=O)CCC1C(=O)NC(C(C)C)C(=O)NC(Cc2ccccc2)C(=O)N2CCCC(N2)C(=O)O[C@H](/C(C)=C/C=C/C(=O)N2CCOCC2)C/C=C/C=C/[C@H](O)C(C)C1O. The van der Waals surface area contributed by atoms with Gasteiger partial charge in [-0.1, -0.05) is 87.6 Å². The van der Waals surface area contributed by atoms with Gasteiger partial charge in [-0.05, 0) is 50.2 Å². The Morgan fingerprint density at radius 2 is 1.68 bits per heavy atom. The van der Waals surface area contributed by atoms with Gasteiger partial charge in [-0.25, -0.2) is 5.43 Å². The van der Waals surface area contributed by atoms with Crippen molar-refractivity contribution >= 4 is 35.4 Å². The number of cyclic esters (lactones) is 1. The first-order chi connectivity index (χ1) is 28.7. The molecule has 2 fully saturated rings. The second-order valence-electron chi connectivity index (χ2n) is 16.2. The molecule has 328 valence electrons. The largest absolute Gasteiger partial charge is 0.456 e. The fraction of sp³-hybridized carbons (Fsp3) is 0.556. The lowest BCUT2D eigenvalue weighted by molar-refractivity contribution is -0.156. The van der Waals surface area contributed by atoms with Crippen LogP contribution in [0, 0.1) is 17.8 Å². The fourth-order valence-corrected chi connectivity index (χ4v) is 7.26. The highest BCUT2D eigenvalue weighted by molar-refractivity contribution is 5.93. The summed E-state index contributed by atoms with van der Waals surface area (Å²) < 4.78 is 11.4. The maximum Gasteiger partial charge on any atom is 0.325 e. The van der Waals surface area contributed by atoms with Crippen molar-refractivity contribution in [3.05, 3.63) is 84.0 Å². The molecule has 0 aliphatic carbocycles. The molecule has 2 saturated heterocycles. The maximum absolute atomic E-state index is 14.3. The van der Waals surface area contributed by atoms with Gasteiger partial charge in [0.1, 0.15) is 30.0 Å². The third-order valence-electron chi connectivity index (χ3n) is 11.1. The van der Waals surface area contributed by atoms with Crippen LogP contribution >= 0.6 is 0 Å². The number of ether oxygens (including phenoxy) is 2. The van der Waals surface area contributed by atoms with Crippen molar-refractivity contribution in [2.45, 2.75) is 110 Å². The first kappa shape index (κ1) is 47.7. The summed E-state index contributed by atoms with van der Waals surface area (Å²) in [6.07, 6.45) is 9.05. The predicted octanol–water partition coefficient (Wildman–Crippen LogP) is 2.48. The van der Waals surface area contributed by atoms with E-state index in [0.29, 0.717) is 44.7 Å². The number of nitrogens with one attached hydrogen (secondary N) is 3. The Labute approximate surface area is 353 Å². The van der Waals surface area contributed by atoms with Crippen molar-refractivity contribution in [3.8, 4) is 0 Å². The van der Waals surface area contributed by atoms with E-state index >= 15 is 0 Å². The summed E-state index contributed by atoms with van der Waals surface area (Å²) >= 11 is 0. The van der Waals surface area contributed by atoms with Gasteiger partial charge in [0.15, 0.2) is 0 Å². The van der Waals surface area contributed by atoms with Gasteiger partial charge in [0.05, 0.1) is 31.3 Å². The molecule has 15 heteroatoms. The summed E-state index contributed by atoms with van der Waals surface area (Å²) in [6, 6.07) is 6.02. The number of amides is 4. The van der Waals surface area contributed by atoms with E-state index in [2.05, 4.69) is 16.1 Å². The number of nitrogens with zero attached hydrogens (tertiary/aromatic N) is 2. The molecule has 3 aliphatic rings. The van der Waals surface area contributed by atoms with Crippen LogP contribution in [0.25, 0.3) is 0 Å². The summed E-state index contributed by atoms with van der Waals surface area (Å²) in [5.41, 5.74) is 4.46. The van der Waals surface area contributed by atoms with E-state index in [1.54, 1.807) is 63.0 Å². The lowest BCUT2D eigenvalue weighted by Crippen LogP contribution is -2.62. The Kier molecular flexibility index (Phi) is 18.9. The predicted molar refractivity (Wildman–Crippen MR) is 224 cm³/mol. The molecule has 60 heavy (non-hydrogen) atoms. The van der Waals surface area contributed by atoms with Crippen molar-refractivity contribution in [2.24, 2.45) is 17.8 Å². The number of hydrazine groups is 1. The molecule has 3 heterocycles. The topological polar surface area (TPSA) is 204 Å². The summed E-state index contributed by atoms with van der Waals surface area (Å²) in [5, 5.41) is 29.5. The second kappa shape index (κ2) is 23.7. The lowest BCUT2D eigenvalue weighted by Gasteiger charge is -2.36. The maximum atomic E-state index is 14.3. The van der Waals surface area contributed by atoms with Gasteiger partial charge >= 0.3 is 5.97 Å². The van der Waals surface area contributed by atoms with Crippen LogP contribution in [0.1, 0.15) is 72.3 Å². The van der Waals surface area contributed by atoms with Gasteiger partial charge in [0, 0.05) is 50.9 Å². The number of Topliss-reactive ketones (excluding diaryl/α,β-unsaturated/α-hetero) is 1. The van der Waals surface area contributed by atoms with Crippen LogP contribution in [0.3, 0.4) is 0 Å². The molecule has 1 aromatic rings. The quantitative estimate of drug-likeness (QED) is 0.139. The van der Waals surface area contributed by atoms with Crippen LogP contribution < -0.4 is 16.1 Å². The number of aliphatic hydroxyl groups excluding tert-OH is 2. The summed E-state index contributed by atoms with van der Waals surface area (Å²) in [6.45, 7) is 10.4. The fourth-order valence-electron chi connectivity index (χ4n) is 7.26.